The summed E-state index contributed by atoms with van der Waals surface area (Å²) < 4.78 is 31.9. The number of anilines is 1. The zero-order valence-electron chi connectivity index (χ0n) is 15.3. The number of fused-ring (bicyclic) bond motifs is 1. The molecule has 5 rings (SSSR count). The van der Waals surface area contributed by atoms with E-state index in [1.165, 1.54) is 24.3 Å². The van der Waals surface area contributed by atoms with Gasteiger partial charge in [-0.3, -0.25) is 0 Å². The van der Waals surface area contributed by atoms with Crippen LogP contribution in [-0.4, -0.2) is 21.9 Å². The van der Waals surface area contributed by atoms with E-state index in [9.17, 15) is 8.78 Å². The SMILES string of the molecule is Fc1ccc(-c2ccc(N3CCc4noc(-c5ccc(F)cc5)c4C3)nn2)cc1. The van der Waals surface area contributed by atoms with E-state index < -0.39 is 0 Å². The van der Waals surface area contributed by atoms with Crippen molar-refractivity contribution in [2.75, 3.05) is 11.4 Å². The van der Waals surface area contributed by atoms with Crippen LogP contribution in [0.5, 0.6) is 0 Å². The molecular formula is C22H16F2N4O. The maximum Gasteiger partial charge on any atom is 0.172 e. The molecule has 0 spiro atoms. The quantitative estimate of drug-likeness (QED) is 0.510. The van der Waals surface area contributed by atoms with Crippen LogP contribution in [0.2, 0.25) is 0 Å². The maximum atomic E-state index is 13.2. The molecule has 3 heterocycles. The molecule has 1 aliphatic rings. The minimum atomic E-state index is -0.291. The van der Waals surface area contributed by atoms with Crippen LogP contribution < -0.4 is 4.90 Å². The van der Waals surface area contributed by atoms with Gasteiger partial charge < -0.3 is 9.42 Å². The summed E-state index contributed by atoms with van der Waals surface area (Å²) in [6, 6.07) is 16.1. The number of hydrogen-bond acceptors (Lipinski definition) is 5. The Hall–Kier alpha value is -3.61. The Morgan fingerprint density at radius 2 is 1.48 bits per heavy atom. The molecule has 4 aromatic rings. The largest absolute Gasteiger partial charge is 0.356 e. The van der Waals surface area contributed by atoms with Gasteiger partial charge in [-0.25, -0.2) is 8.78 Å². The molecule has 29 heavy (non-hydrogen) atoms. The predicted octanol–water partition coefficient (Wildman–Crippen LogP) is 4.64. The third kappa shape index (κ3) is 3.35. The standard InChI is InChI=1S/C22H16F2N4O/c23-16-5-1-14(2-6-16)19-9-10-21(26-25-19)28-12-11-20-18(13-28)22(29-27-20)15-3-7-17(24)8-4-15/h1-10H,11-13H2. The molecule has 2 aromatic carbocycles. The average molecular weight is 390 g/mol. The highest BCUT2D eigenvalue weighted by Crippen LogP contribution is 2.32. The molecule has 7 heteroatoms. The normalized spacial score (nSPS) is 13.4. The zero-order valence-corrected chi connectivity index (χ0v) is 15.3. The van der Waals surface area contributed by atoms with E-state index in [1.54, 1.807) is 24.3 Å². The Bertz CT molecular complexity index is 1140. The van der Waals surface area contributed by atoms with Crippen LogP contribution in [0.25, 0.3) is 22.6 Å². The molecule has 0 radical (unpaired) electrons. The Morgan fingerprint density at radius 3 is 2.14 bits per heavy atom. The molecule has 0 atom stereocenters. The van der Waals surface area contributed by atoms with Gasteiger partial charge in [0.2, 0.25) is 0 Å². The van der Waals surface area contributed by atoms with Crippen molar-refractivity contribution in [3.63, 3.8) is 0 Å². The van der Waals surface area contributed by atoms with Crippen LogP contribution in [0.4, 0.5) is 14.6 Å². The summed E-state index contributed by atoms with van der Waals surface area (Å²) >= 11 is 0. The smallest absolute Gasteiger partial charge is 0.172 e. The monoisotopic (exact) mass is 390 g/mol. The summed E-state index contributed by atoms with van der Waals surface area (Å²) in [6.07, 6.45) is 0.724. The molecule has 0 N–H and O–H groups in total. The fraction of sp³-hybridized carbons (Fsp3) is 0.136. The Balaban J connectivity index is 1.40. The third-order valence-electron chi connectivity index (χ3n) is 5.06. The Labute approximate surface area is 165 Å². The summed E-state index contributed by atoms with van der Waals surface area (Å²) in [5, 5.41) is 12.8. The van der Waals surface area contributed by atoms with Gasteiger partial charge in [0.05, 0.1) is 17.9 Å². The van der Waals surface area contributed by atoms with Crippen LogP contribution >= 0.6 is 0 Å². The molecule has 0 bridgehead atoms. The van der Waals surface area contributed by atoms with E-state index in [2.05, 4.69) is 20.3 Å². The van der Waals surface area contributed by atoms with E-state index in [4.69, 9.17) is 4.52 Å². The van der Waals surface area contributed by atoms with E-state index >= 15 is 0 Å². The molecule has 1 aliphatic heterocycles. The molecule has 0 aliphatic carbocycles. The first kappa shape index (κ1) is 17.5. The van der Waals surface area contributed by atoms with Crippen molar-refractivity contribution in [2.24, 2.45) is 0 Å². The Kier molecular flexibility index (Phi) is 4.27. The first-order valence-corrected chi connectivity index (χ1v) is 9.25. The molecule has 0 saturated heterocycles. The van der Waals surface area contributed by atoms with Crippen LogP contribution in [0, 0.1) is 11.6 Å². The predicted molar refractivity (Wildman–Crippen MR) is 104 cm³/mol. The number of nitrogens with zero attached hydrogens (tertiary/aromatic N) is 4. The van der Waals surface area contributed by atoms with E-state index in [-0.39, 0.29) is 11.6 Å². The van der Waals surface area contributed by atoms with Gasteiger partial charge in [0.1, 0.15) is 11.6 Å². The fourth-order valence-corrected chi connectivity index (χ4v) is 3.50. The zero-order chi connectivity index (χ0) is 19.8. The van der Waals surface area contributed by atoms with Gasteiger partial charge in [0.25, 0.3) is 0 Å². The number of halogens is 2. The van der Waals surface area contributed by atoms with Crippen LogP contribution in [0.3, 0.4) is 0 Å². The van der Waals surface area contributed by atoms with Crippen molar-refractivity contribution in [3.05, 3.63) is 83.6 Å². The minimum absolute atomic E-state index is 0.284. The second-order valence-electron chi connectivity index (χ2n) is 6.90. The highest BCUT2D eigenvalue weighted by molar-refractivity contribution is 5.64. The van der Waals surface area contributed by atoms with Crippen LogP contribution in [-0.2, 0) is 13.0 Å². The molecule has 0 unspecified atom stereocenters. The van der Waals surface area contributed by atoms with Gasteiger partial charge in [-0.1, -0.05) is 5.16 Å². The topological polar surface area (TPSA) is 55.1 Å². The lowest BCUT2D eigenvalue weighted by molar-refractivity contribution is 0.424. The first-order chi connectivity index (χ1) is 14.2. The van der Waals surface area contributed by atoms with Crippen molar-refractivity contribution >= 4 is 5.82 Å². The fourth-order valence-electron chi connectivity index (χ4n) is 3.50. The minimum Gasteiger partial charge on any atom is -0.356 e. The lowest BCUT2D eigenvalue weighted by Crippen LogP contribution is -2.31. The third-order valence-corrected chi connectivity index (χ3v) is 5.06. The van der Waals surface area contributed by atoms with Crippen LogP contribution in [0.15, 0.2) is 65.2 Å². The highest BCUT2D eigenvalue weighted by atomic mass is 19.1. The van der Waals surface area contributed by atoms with Crippen molar-refractivity contribution in [2.45, 2.75) is 13.0 Å². The number of aromatic nitrogens is 3. The maximum absolute atomic E-state index is 13.2. The van der Waals surface area contributed by atoms with Crippen molar-refractivity contribution in [3.8, 4) is 22.6 Å². The molecular weight excluding hydrogens is 374 g/mol. The average Bonchev–Trinajstić information content (AvgIpc) is 3.18. The van der Waals surface area contributed by atoms with Gasteiger partial charge in [0.15, 0.2) is 11.6 Å². The summed E-state index contributed by atoms with van der Waals surface area (Å²) in [5.41, 5.74) is 4.18. The molecule has 0 fully saturated rings. The van der Waals surface area contributed by atoms with Crippen molar-refractivity contribution < 1.29 is 13.3 Å². The second-order valence-corrected chi connectivity index (χ2v) is 6.90. The summed E-state index contributed by atoms with van der Waals surface area (Å²) in [5.74, 6) is 0.821. The van der Waals surface area contributed by atoms with Crippen molar-refractivity contribution in [1.29, 1.82) is 0 Å². The molecule has 5 nitrogen and oxygen atoms in total. The number of benzene rings is 2. The van der Waals surface area contributed by atoms with Gasteiger partial charge in [-0.15, -0.1) is 10.2 Å². The molecule has 2 aromatic heterocycles. The molecule has 0 amide bonds. The van der Waals surface area contributed by atoms with E-state index in [1.807, 2.05) is 12.1 Å². The number of hydrogen-bond donors (Lipinski definition) is 0. The second kappa shape index (κ2) is 7.09. The number of rotatable bonds is 3. The van der Waals surface area contributed by atoms with Gasteiger partial charge in [-0.05, 0) is 60.7 Å². The van der Waals surface area contributed by atoms with Crippen molar-refractivity contribution in [1.82, 2.24) is 15.4 Å². The summed E-state index contributed by atoms with van der Waals surface area (Å²) in [6.45, 7) is 1.32. The van der Waals surface area contributed by atoms with Gasteiger partial charge in [0, 0.05) is 29.7 Å². The molecule has 144 valence electrons. The molecule has 0 saturated carbocycles. The summed E-state index contributed by atoms with van der Waals surface area (Å²) in [7, 11) is 0. The first-order valence-electron chi connectivity index (χ1n) is 9.25. The Morgan fingerprint density at radius 1 is 0.793 bits per heavy atom. The summed E-state index contributed by atoms with van der Waals surface area (Å²) in [4.78, 5) is 2.11. The van der Waals surface area contributed by atoms with Gasteiger partial charge in [-0.2, -0.15) is 0 Å². The van der Waals surface area contributed by atoms with Gasteiger partial charge >= 0.3 is 0 Å². The lowest BCUT2D eigenvalue weighted by Gasteiger charge is -2.27. The van der Waals surface area contributed by atoms with E-state index in [0.29, 0.717) is 18.0 Å². The van der Waals surface area contributed by atoms with Crippen LogP contribution in [0.1, 0.15) is 11.3 Å². The highest BCUT2D eigenvalue weighted by Gasteiger charge is 2.25. The van der Waals surface area contributed by atoms with E-state index in [0.717, 1.165) is 41.2 Å². The lowest BCUT2D eigenvalue weighted by atomic mass is 10.0.